The van der Waals surface area contributed by atoms with E-state index in [1.54, 1.807) is 19.4 Å². The molecule has 4 rings (SSSR count). The molecule has 1 atom stereocenters. The van der Waals surface area contributed by atoms with Crippen molar-refractivity contribution in [1.29, 1.82) is 0 Å². The van der Waals surface area contributed by atoms with Gasteiger partial charge in [0, 0.05) is 19.4 Å². The van der Waals surface area contributed by atoms with Crippen LogP contribution in [0.25, 0.3) is 10.9 Å². The highest BCUT2D eigenvalue weighted by atomic mass is 19.3. The average molecular weight is 504 g/mol. The van der Waals surface area contributed by atoms with Gasteiger partial charge < -0.3 is 19.5 Å². The number of nitrogens with zero attached hydrogens (tertiary/aromatic N) is 2. The summed E-state index contributed by atoms with van der Waals surface area (Å²) < 4.78 is 40.9. The number of halogens is 2. The Bertz CT molecular complexity index is 1140. The van der Waals surface area contributed by atoms with Gasteiger partial charge in [-0.25, -0.2) is 9.78 Å². The molecule has 36 heavy (non-hydrogen) atoms. The average Bonchev–Trinajstić information content (AvgIpc) is 3.27. The van der Waals surface area contributed by atoms with Crippen LogP contribution in [0.3, 0.4) is 0 Å². The van der Waals surface area contributed by atoms with Gasteiger partial charge in [-0.15, -0.1) is 5.10 Å². The number of H-pyrrole nitrogens is 1. The number of carbonyl (C=O) groups is 1. The van der Waals surface area contributed by atoms with Crippen LogP contribution in [0, 0.1) is 0 Å². The SMILES string of the molecule is COC1(C)CCC(Oc2n[nH]c3cc(NC(=O)N[C@H](CCOC(F)F)c4ccccc4)ncc23)CC1. The Balaban J connectivity index is 1.37. The second-order valence-corrected chi connectivity index (χ2v) is 9.10. The monoisotopic (exact) mass is 503 g/mol. The molecule has 1 aromatic carbocycles. The smallest absolute Gasteiger partial charge is 0.345 e. The van der Waals surface area contributed by atoms with Crippen molar-refractivity contribution in [2.75, 3.05) is 19.0 Å². The Labute approximate surface area is 207 Å². The molecule has 3 aromatic rings. The lowest BCUT2D eigenvalue weighted by atomic mass is 9.84. The second-order valence-electron chi connectivity index (χ2n) is 9.10. The first kappa shape index (κ1) is 25.8. The number of amides is 2. The summed E-state index contributed by atoms with van der Waals surface area (Å²) in [6.07, 6.45) is 5.39. The maximum atomic E-state index is 12.7. The van der Waals surface area contributed by atoms with Crippen molar-refractivity contribution in [2.24, 2.45) is 0 Å². The number of anilines is 1. The zero-order valence-electron chi connectivity index (χ0n) is 20.3. The molecule has 9 nitrogen and oxygen atoms in total. The van der Waals surface area contributed by atoms with E-state index in [1.165, 1.54) is 0 Å². The number of nitrogens with one attached hydrogen (secondary N) is 3. The molecule has 1 aliphatic rings. The van der Waals surface area contributed by atoms with Crippen LogP contribution in [0.5, 0.6) is 5.88 Å². The standard InChI is InChI=1S/C25H31F2N5O4/c1-25(34-2)11-8-17(9-12-25)36-22-18-15-28-21(14-20(18)31-32-22)30-24(33)29-19(10-13-35-23(26)27)16-6-4-3-5-7-16/h3-7,14-15,17,19,23H,8-13H2,1-2H3,(H,31,32)(H2,28,29,30,33)/t17?,19-,25?/m1/s1. The number of methoxy groups -OCH3 is 1. The quantitative estimate of drug-likeness (QED) is 0.352. The third-order valence-electron chi connectivity index (χ3n) is 6.57. The van der Waals surface area contributed by atoms with Crippen LogP contribution < -0.4 is 15.4 Å². The van der Waals surface area contributed by atoms with Gasteiger partial charge in [-0.1, -0.05) is 30.3 Å². The summed E-state index contributed by atoms with van der Waals surface area (Å²) in [5, 5.41) is 13.4. The number of hydrogen-bond acceptors (Lipinski definition) is 6. The second kappa shape index (κ2) is 11.6. The number of aromatic nitrogens is 3. The fourth-order valence-electron chi connectivity index (χ4n) is 4.32. The van der Waals surface area contributed by atoms with Crippen molar-refractivity contribution in [3.8, 4) is 5.88 Å². The van der Waals surface area contributed by atoms with E-state index in [0.29, 0.717) is 22.6 Å². The minimum absolute atomic E-state index is 0.0484. The molecule has 1 saturated carbocycles. The lowest BCUT2D eigenvalue weighted by Crippen LogP contribution is -2.36. The van der Waals surface area contributed by atoms with Gasteiger partial charge >= 0.3 is 12.6 Å². The largest absolute Gasteiger partial charge is 0.473 e. The van der Waals surface area contributed by atoms with Gasteiger partial charge in [0.2, 0.25) is 5.88 Å². The van der Waals surface area contributed by atoms with Crippen LogP contribution in [-0.2, 0) is 9.47 Å². The number of carbonyl (C=O) groups excluding carboxylic acids is 1. The van der Waals surface area contributed by atoms with Gasteiger partial charge in [-0.2, -0.15) is 8.78 Å². The highest BCUT2D eigenvalue weighted by Gasteiger charge is 2.32. The topological polar surface area (TPSA) is 110 Å². The van der Waals surface area contributed by atoms with Gasteiger partial charge in [-0.05, 0) is 44.6 Å². The predicted molar refractivity (Wildman–Crippen MR) is 130 cm³/mol. The molecule has 3 N–H and O–H groups in total. The van der Waals surface area contributed by atoms with Crippen molar-refractivity contribution in [3.63, 3.8) is 0 Å². The first-order valence-corrected chi connectivity index (χ1v) is 11.9. The number of alkyl halides is 2. The number of ether oxygens (including phenoxy) is 3. The molecule has 11 heteroatoms. The summed E-state index contributed by atoms with van der Waals surface area (Å²) in [5.41, 5.74) is 1.33. The zero-order valence-corrected chi connectivity index (χ0v) is 20.3. The first-order chi connectivity index (χ1) is 17.3. The van der Waals surface area contributed by atoms with E-state index in [9.17, 15) is 13.6 Å². The van der Waals surface area contributed by atoms with Crippen LogP contribution in [0.4, 0.5) is 19.4 Å². The van der Waals surface area contributed by atoms with Crippen molar-refractivity contribution >= 4 is 22.8 Å². The Morgan fingerprint density at radius 2 is 2.00 bits per heavy atom. The highest BCUT2D eigenvalue weighted by Crippen LogP contribution is 2.34. The minimum atomic E-state index is -2.86. The number of fused-ring (bicyclic) bond motifs is 1. The van der Waals surface area contributed by atoms with E-state index in [2.05, 4.69) is 37.5 Å². The molecule has 0 aliphatic heterocycles. The fourth-order valence-corrected chi connectivity index (χ4v) is 4.32. The summed E-state index contributed by atoms with van der Waals surface area (Å²) in [6.45, 7) is -0.955. The van der Waals surface area contributed by atoms with Gasteiger partial charge in [-0.3, -0.25) is 10.4 Å². The van der Waals surface area contributed by atoms with E-state index >= 15 is 0 Å². The maximum absolute atomic E-state index is 12.7. The molecular formula is C25H31F2N5O4. The number of aromatic amines is 1. The Kier molecular flexibility index (Phi) is 8.32. The van der Waals surface area contributed by atoms with E-state index in [-0.39, 0.29) is 24.7 Å². The van der Waals surface area contributed by atoms with E-state index in [4.69, 9.17) is 9.47 Å². The van der Waals surface area contributed by atoms with Gasteiger partial charge in [0.05, 0.1) is 29.2 Å². The summed E-state index contributed by atoms with van der Waals surface area (Å²) >= 11 is 0. The van der Waals surface area contributed by atoms with Gasteiger partial charge in [0.1, 0.15) is 11.9 Å². The van der Waals surface area contributed by atoms with E-state index in [1.807, 2.05) is 30.3 Å². The fraction of sp³-hybridized carbons (Fsp3) is 0.480. The summed E-state index contributed by atoms with van der Waals surface area (Å²) in [7, 11) is 1.74. The van der Waals surface area contributed by atoms with Crippen molar-refractivity contribution in [3.05, 3.63) is 48.2 Å². The maximum Gasteiger partial charge on any atom is 0.345 e. The van der Waals surface area contributed by atoms with Crippen LogP contribution in [0.2, 0.25) is 0 Å². The third-order valence-corrected chi connectivity index (χ3v) is 6.57. The zero-order chi connectivity index (χ0) is 25.5. The molecule has 1 fully saturated rings. The van der Waals surface area contributed by atoms with Crippen molar-refractivity contribution in [1.82, 2.24) is 20.5 Å². The Morgan fingerprint density at radius 1 is 1.25 bits per heavy atom. The molecule has 0 spiro atoms. The lowest BCUT2D eigenvalue weighted by Gasteiger charge is -2.35. The first-order valence-electron chi connectivity index (χ1n) is 11.9. The number of rotatable bonds is 10. The molecule has 2 aromatic heterocycles. The normalized spacial score (nSPS) is 20.9. The highest BCUT2D eigenvalue weighted by molar-refractivity contribution is 5.92. The van der Waals surface area contributed by atoms with Crippen LogP contribution in [-0.4, -0.2) is 53.2 Å². The van der Waals surface area contributed by atoms with Gasteiger partial charge in [0.25, 0.3) is 0 Å². The van der Waals surface area contributed by atoms with E-state index < -0.39 is 18.7 Å². The predicted octanol–water partition coefficient (Wildman–Crippen LogP) is 5.18. The molecule has 0 saturated heterocycles. The lowest BCUT2D eigenvalue weighted by molar-refractivity contribution is -0.130. The molecule has 1 aliphatic carbocycles. The molecule has 2 amide bonds. The number of hydrogen-bond donors (Lipinski definition) is 3. The molecule has 2 heterocycles. The number of urea groups is 1. The summed E-state index contributed by atoms with van der Waals surface area (Å²) in [6, 6.07) is 9.71. The minimum Gasteiger partial charge on any atom is -0.473 e. The van der Waals surface area contributed by atoms with Crippen LogP contribution in [0.15, 0.2) is 42.6 Å². The number of pyridine rings is 1. The van der Waals surface area contributed by atoms with Crippen molar-refractivity contribution < 1.29 is 27.8 Å². The Hall–Kier alpha value is -3.31. The van der Waals surface area contributed by atoms with E-state index in [0.717, 1.165) is 31.2 Å². The molecule has 0 radical (unpaired) electrons. The van der Waals surface area contributed by atoms with Crippen molar-refractivity contribution in [2.45, 2.75) is 63.4 Å². The summed E-state index contributed by atoms with van der Waals surface area (Å²) in [4.78, 5) is 17.0. The third kappa shape index (κ3) is 6.67. The van der Waals surface area contributed by atoms with Crippen LogP contribution in [0.1, 0.15) is 50.6 Å². The number of benzene rings is 1. The van der Waals surface area contributed by atoms with Gasteiger partial charge in [0.15, 0.2) is 0 Å². The molecule has 194 valence electrons. The Morgan fingerprint density at radius 3 is 2.69 bits per heavy atom. The summed E-state index contributed by atoms with van der Waals surface area (Å²) in [5.74, 6) is 0.780. The molecule has 0 unspecified atom stereocenters. The molecule has 0 bridgehead atoms. The van der Waals surface area contributed by atoms with Crippen LogP contribution >= 0.6 is 0 Å². The molecular weight excluding hydrogens is 472 g/mol.